The molecule has 0 aliphatic carbocycles. The molecule has 11 amide bonds. The molecule has 664 valence electrons. The van der Waals surface area contributed by atoms with Crippen LogP contribution in [0.4, 0.5) is 0 Å². The first kappa shape index (κ1) is 108. The van der Waals surface area contributed by atoms with Gasteiger partial charge in [0.25, 0.3) is 0 Å². The smallest absolute Gasteiger partial charge is 0.224 e. The van der Waals surface area contributed by atoms with Gasteiger partial charge in [0, 0.05) is 222 Å². The Labute approximate surface area is 688 Å². The second-order valence-electron chi connectivity index (χ2n) is 30.5. The van der Waals surface area contributed by atoms with Gasteiger partial charge in [-0.25, -0.2) is 0 Å². The van der Waals surface area contributed by atoms with E-state index in [4.69, 9.17) is 57.3 Å². The number of nitrogens with two attached hydrogens (primary N) is 10. The Bertz CT molecular complexity index is 2510. The number of thioether (sulfide) groups is 1. The topological polar surface area (TPSA) is 572 Å². The van der Waals surface area contributed by atoms with Crippen molar-refractivity contribution < 1.29 is 52.7 Å². The van der Waals surface area contributed by atoms with Crippen LogP contribution in [0.25, 0.3) is 0 Å². The molecule has 32 nitrogen and oxygen atoms in total. The van der Waals surface area contributed by atoms with E-state index in [2.05, 4.69) is 67.0 Å². The highest BCUT2D eigenvalue weighted by molar-refractivity contribution is 7.99. The lowest BCUT2D eigenvalue weighted by Gasteiger charge is -2.31. The van der Waals surface area contributed by atoms with E-state index in [0.29, 0.717) is 18.8 Å². The van der Waals surface area contributed by atoms with Gasteiger partial charge in [0.15, 0.2) is 0 Å². The fraction of sp³-hybridized carbons (Fsp3) is 0.864. The third-order valence-electron chi connectivity index (χ3n) is 20.8. The number of hydrogen-bond donors (Lipinski definition) is 20. The van der Waals surface area contributed by atoms with Gasteiger partial charge in [-0.2, -0.15) is 11.8 Å². The Hall–Kier alpha value is -5.88. The zero-order valence-corrected chi connectivity index (χ0v) is 71.4. The molecule has 0 aliphatic heterocycles. The molecule has 0 saturated heterocycles. The summed E-state index contributed by atoms with van der Waals surface area (Å²) in [6.45, 7) is 6.85. The van der Waals surface area contributed by atoms with Crippen molar-refractivity contribution in [2.24, 2.45) is 111 Å². The first-order chi connectivity index (χ1) is 55.2. The fourth-order valence-corrected chi connectivity index (χ4v) is 15.4. The summed E-state index contributed by atoms with van der Waals surface area (Å²) in [6, 6.07) is 0. The van der Waals surface area contributed by atoms with Crippen LogP contribution in [0.2, 0.25) is 0 Å². The van der Waals surface area contributed by atoms with E-state index in [9.17, 15) is 52.7 Å². The van der Waals surface area contributed by atoms with Gasteiger partial charge in [-0.15, -0.1) is 0 Å². The predicted octanol–water partition coefficient (Wildman–Crippen LogP) is 1.54. The highest BCUT2D eigenvalue weighted by Gasteiger charge is 2.40. The van der Waals surface area contributed by atoms with E-state index in [1.165, 1.54) is 127 Å². The van der Waals surface area contributed by atoms with E-state index in [1.807, 2.05) is 4.90 Å². The summed E-state index contributed by atoms with van der Waals surface area (Å²) in [5.74, 6) is -14.7. The molecule has 0 aromatic rings. The van der Waals surface area contributed by atoms with Crippen molar-refractivity contribution in [3.8, 4) is 0 Å². The van der Waals surface area contributed by atoms with Crippen LogP contribution in [0.15, 0.2) is 0 Å². The summed E-state index contributed by atoms with van der Waals surface area (Å²) in [6.07, 6.45) is 27.4. The summed E-state index contributed by atoms with van der Waals surface area (Å²) >= 11 is 1.43. The van der Waals surface area contributed by atoms with Crippen LogP contribution in [0.3, 0.4) is 0 Å². The van der Waals surface area contributed by atoms with Gasteiger partial charge in [0.2, 0.25) is 65.0 Å². The van der Waals surface area contributed by atoms with E-state index in [0.717, 1.165) is 38.5 Å². The van der Waals surface area contributed by atoms with E-state index < -0.39 is 101 Å². The molecule has 0 spiro atoms. The number of carbonyl (C=O) groups is 11. The standard InChI is InChI=1S/C81H163N21O11S/c1-3-5-7-9-11-13-15-17-19-21-23-25-50-102(51-26-24-22-20-18-16-14-12-10-8-6-4-2)72(104)29-52-114-61-70(81(113)101-49-39-91)60-69(80(112)100-48-38-90)59-68(79(111)99-47-37-89)58-67(78(110)98-46-36-88)57-66(77(109)97-45-35-87)56-65(76(108)96-44-34-86)55-64(75(107)95-43-33-85)54-63(74(106)94-42-32-84)53-62(73(105)93-41-31-83)27-28-71(103)92-40-30-82/h62-70H,3-61,82-91H2,1-2H3,(H,92,103)(H,93,105)(H,94,106)(H,95,107)(H,96,108)(H,97,109)(H,98,110)(H,99,111)(H,100,112)(H,101,113). The van der Waals surface area contributed by atoms with Gasteiger partial charge in [-0.1, -0.05) is 155 Å². The molecule has 33 heteroatoms. The number of rotatable bonds is 79. The summed E-state index contributed by atoms with van der Waals surface area (Å²) in [7, 11) is 0. The number of amides is 11. The molecule has 0 bridgehead atoms. The van der Waals surface area contributed by atoms with E-state index in [-0.39, 0.29) is 225 Å². The van der Waals surface area contributed by atoms with Gasteiger partial charge in [-0.05, 0) is 70.6 Å². The molecule has 0 fully saturated rings. The van der Waals surface area contributed by atoms with Gasteiger partial charge in [0.1, 0.15) is 0 Å². The predicted molar refractivity (Wildman–Crippen MR) is 459 cm³/mol. The molecule has 0 saturated carbocycles. The molecule has 9 atom stereocenters. The molecule has 0 rings (SSSR count). The zero-order chi connectivity index (χ0) is 84.6. The van der Waals surface area contributed by atoms with Gasteiger partial charge in [0.05, 0.1) is 0 Å². The number of nitrogens with one attached hydrogen (secondary N) is 10. The SMILES string of the molecule is CCCCCCCCCCCCCCN(CCCCCCCCCCCCCC)C(=O)CCSCC(CC(CC(CC(CC(CC(CC(CC(CC(CCC(=O)NCCN)C(=O)NCCN)C(=O)NCCN)C(=O)NCCN)C(=O)NCCN)C(=O)NCCN)C(=O)NCCN)C(=O)NCCN)C(=O)NCCN)C(=O)NCCN. The number of nitrogens with zero attached hydrogens (tertiary/aromatic N) is 1. The van der Waals surface area contributed by atoms with Crippen molar-refractivity contribution in [2.75, 3.05) is 155 Å². The van der Waals surface area contributed by atoms with Gasteiger partial charge >= 0.3 is 0 Å². The Morgan fingerprint density at radius 2 is 0.456 bits per heavy atom. The maximum absolute atomic E-state index is 14.9. The zero-order valence-electron chi connectivity index (χ0n) is 70.5. The van der Waals surface area contributed by atoms with E-state index >= 15 is 0 Å². The lowest BCUT2D eigenvalue weighted by molar-refractivity contribution is -0.133. The molecule has 0 aliphatic rings. The van der Waals surface area contributed by atoms with Crippen LogP contribution in [0, 0.1) is 53.3 Å². The summed E-state index contributed by atoms with van der Waals surface area (Å²) in [4.78, 5) is 161. The van der Waals surface area contributed by atoms with Crippen molar-refractivity contribution in [3.05, 3.63) is 0 Å². The minimum absolute atomic E-state index is 0.000231. The Balaban J connectivity index is 7.75. The molecular weight excluding hydrogens is 1480 g/mol. The number of carbonyl (C=O) groups excluding carboxylic acids is 11. The molecule has 9 unspecified atom stereocenters. The van der Waals surface area contributed by atoms with Crippen molar-refractivity contribution in [2.45, 2.75) is 239 Å². The van der Waals surface area contributed by atoms with Crippen LogP contribution in [0.1, 0.15) is 239 Å². The Morgan fingerprint density at radius 3 is 0.702 bits per heavy atom. The average Bonchev–Trinajstić information content (AvgIpc) is 0.840. The van der Waals surface area contributed by atoms with E-state index in [1.54, 1.807) is 0 Å². The minimum Gasteiger partial charge on any atom is -0.355 e. The summed E-state index contributed by atoms with van der Waals surface area (Å²) in [5.41, 5.74) is 58.9. The number of hydrogen-bond acceptors (Lipinski definition) is 22. The van der Waals surface area contributed by atoms with Crippen molar-refractivity contribution >= 4 is 76.7 Å². The van der Waals surface area contributed by atoms with Crippen LogP contribution >= 0.6 is 11.8 Å². The third-order valence-corrected chi connectivity index (χ3v) is 21.9. The highest BCUT2D eigenvalue weighted by atomic mass is 32.2. The van der Waals surface area contributed by atoms with Crippen LogP contribution in [-0.2, 0) is 52.7 Å². The summed E-state index contributed by atoms with van der Waals surface area (Å²) in [5, 5.41) is 28.2. The van der Waals surface area contributed by atoms with Crippen LogP contribution in [0.5, 0.6) is 0 Å². The monoisotopic (exact) mass is 1640 g/mol. The third kappa shape index (κ3) is 54.9. The largest absolute Gasteiger partial charge is 0.355 e. The molecule has 30 N–H and O–H groups in total. The Morgan fingerprint density at radius 1 is 0.254 bits per heavy atom. The maximum Gasteiger partial charge on any atom is 0.224 e. The first-order valence-corrected chi connectivity index (χ1v) is 45.0. The number of unbranched alkanes of at least 4 members (excludes halogenated alkanes) is 22. The first-order valence-electron chi connectivity index (χ1n) is 43.9. The van der Waals surface area contributed by atoms with Crippen molar-refractivity contribution in [3.63, 3.8) is 0 Å². The van der Waals surface area contributed by atoms with Gasteiger partial charge < -0.3 is 115 Å². The lowest BCUT2D eigenvalue weighted by atomic mass is 9.76. The second kappa shape index (κ2) is 74.7. The molecule has 0 heterocycles. The van der Waals surface area contributed by atoms with Crippen molar-refractivity contribution in [1.82, 2.24) is 58.1 Å². The quantitative estimate of drug-likeness (QED) is 0.0384. The summed E-state index contributed by atoms with van der Waals surface area (Å²) < 4.78 is 0. The van der Waals surface area contributed by atoms with Crippen LogP contribution in [-0.4, -0.2) is 225 Å². The van der Waals surface area contributed by atoms with Gasteiger partial charge in [-0.3, -0.25) is 52.7 Å². The molecule has 0 aromatic heterocycles. The highest BCUT2D eigenvalue weighted by Crippen LogP contribution is 2.35. The minimum atomic E-state index is -1.25. The molecule has 0 aromatic carbocycles. The molecule has 114 heavy (non-hydrogen) atoms. The maximum atomic E-state index is 14.9. The lowest BCUT2D eigenvalue weighted by Crippen LogP contribution is -2.45. The average molecular weight is 1640 g/mol. The molecular formula is C81H163N21O11S. The second-order valence-corrected chi connectivity index (χ2v) is 31.7. The van der Waals surface area contributed by atoms with Crippen molar-refractivity contribution in [1.29, 1.82) is 0 Å². The Kier molecular flexibility index (Phi) is 70.8. The normalized spacial score (nSPS) is 13.7. The van der Waals surface area contributed by atoms with Crippen LogP contribution < -0.4 is 111 Å². The molecule has 0 radical (unpaired) electrons. The fourth-order valence-electron chi connectivity index (χ4n) is 14.4.